The summed E-state index contributed by atoms with van der Waals surface area (Å²) >= 11 is 0. The van der Waals surface area contributed by atoms with Crippen molar-refractivity contribution in [3.05, 3.63) is 108 Å². The molecule has 1 N–H and O–H groups in total. The van der Waals surface area contributed by atoms with E-state index in [2.05, 4.69) is 0 Å². The molecule has 0 saturated carbocycles. The molecule has 9 atom stereocenters. The van der Waals surface area contributed by atoms with Crippen molar-refractivity contribution in [3.63, 3.8) is 0 Å². The third kappa shape index (κ3) is 8.90. The molecule has 0 aliphatic carbocycles. The summed E-state index contributed by atoms with van der Waals surface area (Å²) < 4.78 is 46.1. The second kappa shape index (κ2) is 16.5. The van der Waals surface area contributed by atoms with Crippen LogP contribution in [-0.4, -0.2) is 96.9 Å². The van der Waals surface area contributed by atoms with E-state index in [-0.39, 0.29) is 23.3 Å². The second-order valence-corrected chi connectivity index (χ2v) is 11.5. The standard InChI is InChI=1S/C36H36O14/c1-20-27(47-32(39)23-13-7-4-8-14-23)29(48-33(40)24-15-9-5-10-16-24)31(49-34(41)25-17-11-6-12-18-25)36(44-20)50-30-28(46-22(3)38)26(45-21(2)37)19-43-35(30)42/h4-18,20,26-31,35-36,42H,19H2,1-3H3/t20-,26-,27-,28-,29+,30+,31+,35-,36-/m0/s1. The van der Waals surface area contributed by atoms with Crippen molar-refractivity contribution >= 4 is 29.8 Å². The summed E-state index contributed by atoms with van der Waals surface area (Å²) in [6.45, 7) is 3.41. The minimum Gasteiger partial charge on any atom is -0.456 e. The molecule has 0 bridgehead atoms. The normalized spacial score (nSPS) is 27.6. The highest BCUT2D eigenvalue weighted by Crippen LogP contribution is 2.34. The van der Waals surface area contributed by atoms with Crippen molar-refractivity contribution < 1.29 is 67.0 Å². The number of ether oxygens (including phenoxy) is 8. The minimum absolute atomic E-state index is 0.115. The van der Waals surface area contributed by atoms with Gasteiger partial charge in [0.1, 0.15) is 0 Å². The Balaban J connectivity index is 1.55. The highest BCUT2D eigenvalue weighted by Gasteiger charge is 2.55. The zero-order chi connectivity index (χ0) is 35.8. The van der Waals surface area contributed by atoms with Crippen LogP contribution < -0.4 is 0 Å². The molecule has 0 radical (unpaired) electrons. The number of aliphatic hydroxyl groups is 1. The van der Waals surface area contributed by atoms with E-state index in [0.29, 0.717) is 0 Å². The van der Waals surface area contributed by atoms with Crippen LogP contribution in [0.15, 0.2) is 91.0 Å². The third-order valence-electron chi connectivity index (χ3n) is 7.80. The van der Waals surface area contributed by atoms with Crippen molar-refractivity contribution in [2.45, 2.75) is 76.1 Å². The quantitative estimate of drug-likeness (QED) is 0.242. The predicted molar refractivity (Wildman–Crippen MR) is 169 cm³/mol. The average molecular weight is 693 g/mol. The molecule has 0 spiro atoms. The Bertz CT molecular complexity index is 1630. The van der Waals surface area contributed by atoms with Crippen molar-refractivity contribution in [3.8, 4) is 0 Å². The van der Waals surface area contributed by atoms with Gasteiger partial charge in [-0.15, -0.1) is 0 Å². The Morgan fingerprint density at radius 2 is 1.02 bits per heavy atom. The van der Waals surface area contributed by atoms with Crippen LogP contribution in [0.3, 0.4) is 0 Å². The van der Waals surface area contributed by atoms with Gasteiger partial charge in [0.05, 0.1) is 29.4 Å². The number of hydrogen-bond donors (Lipinski definition) is 1. The zero-order valence-corrected chi connectivity index (χ0v) is 27.3. The summed E-state index contributed by atoms with van der Waals surface area (Å²) in [4.78, 5) is 64.4. The summed E-state index contributed by atoms with van der Waals surface area (Å²) in [7, 11) is 0. The average Bonchev–Trinajstić information content (AvgIpc) is 3.11. The fraction of sp³-hybridized carbons (Fsp3) is 0.361. The van der Waals surface area contributed by atoms with Gasteiger partial charge in [0.25, 0.3) is 0 Å². The van der Waals surface area contributed by atoms with Crippen molar-refractivity contribution in [2.24, 2.45) is 0 Å². The van der Waals surface area contributed by atoms with E-state index in [1.54, 1.807) is 54.6 Å². The maximum absolute atomic E-state index is 13.5. The van der Waals surface area contributed by atoms with E-state index in [4.69, 9.17) is 37.9 Å². The van der Waals surface area contributed by atoms with Gasteiger partial charge < -0.3 is 43.0 Å². The van der Waals surface area contributed by atoms with Gasteiger partial charge >= 0.3 is 29.8 Å². The number of carbonyl (C=O) groups is 5. The number of esters is 5. The Hall–Kier alpha value is -5.15. The SMILES string of the molecule is CC(=O)O[C@@H]1[C@@H](O[C@@H]2O[C@@H](C)[C@H](OC(=O)c3ccccc3)[C@@H](OC(=O)c3ccccc3)[C@H]2OC(=O)c2ccccc2)[C@@H](O)OC[C@@H]1OC(C)=O. The monoisotopic (exact) mass is 692 g/mol. The smallest absolute Gasteiger partial charge is 0.338 e. The first-order valence-electron chi connectivity index (χ1n) is 15.7. The van der Waals surface area contributed by atoms with Crippen LogP contribution in [-0.2, 0) is 47.5 Å². The van der Waals surface area contributed by atoms with Crippen LogP contribution in [0.5, 0.6) is 0 Å². The molecule has 2 aliphatic heterocycles. The van der Waals surface area contributed by atoms with Gasteiger partial charge in [0, 0.05) is 13.8 Å². The number of rotatable bonds is 10. The molecule has 3 aromatic carbocycles. The van der Waals surface area contributed by atoms with Crippen molar-refractivity contribution in [1.82, 2.24) is 0 Å². The molecule has 2 saturated heterocycles. The number of benzene rings is 3. The van der Waals surface area contributed by atoms with E-state index in [1.807, 2.05) is 0 Å². The van der Waals surface area contributed by atoms with Gasteiger partial charge in [0.15, 0.2) is 49.2 Å². The molecule has 2 fully saturated rings. The van der Waals surface area contributed by atoms with E-state index in [0.717, 1.165) is 13.8 Å². The van der Waals surface area contributed by atoms with E-state index in [1.165, 1.54) is 43.3 Å². The van der Waals surface area contributed by atoms with Crippen LogP contribution in [0.4, 0.5) is 0 Å². The molecule has 0 aromatic heterocycles. The number of carbonyl (C=O) groups excluding carboxylic acids is 5. The molecular formula is C36H36O14. The van der Waals surface area contributed by atoms with Crippen molar-refractivity contribution in [2.75, 3.05) is 6.61 Å². The molecule has 0 amide bonds. The first kappa shape index (κ1) is 36.1. The zero-order valence-electron chi connectivity index (χ0n) is 27.3. The van der Waals surface area contributed by atoms with E-state index < -0.39 is 85.2 Å². The van der Waals surface area contributed by atoms with Crippen LogP contribution in [0.1, 0.15) is 51.8 Å². The van der Waals surface area contributed by atoms with Crippen LogP contribution in [0, 0.1) is 0 Å². The maximum Gasteiger partial charge on any atom is 0.338 e. The molecule has 2 aliphatic rings. The summed E-state index contributed by atoms with van der Waals surface area (Å²) in [5.41, 5.74) is 0.442. The Labute approximate surface area is 287 Å². The van der Waals surface area contributed by atoms with Crippen LogP contribution in [0.2, 0.25) is 0 Å². The number of aliphatic hydroxyl groups excluding tert-OH is 1. The highest BCUT2D eigenvalue weighted by molar-refractivity contribution is 5.91. The molecule has 264 valence electrons. The molecule has 0 unspecified atom stereocenters. The lowest BCUT2D eigenvalue weighted by Crippen LogP contribution is -2.64. The van der Waals surface area contributed by atoms with Gasteiger partial charge in [-0.3, -0.25) is 9.59 Å². The second-order valence-electron chi connectivity index (χ2n) is 11.5. The summed E-state index contributed by atoms with van der Waals surface area (Å²) in [6.07, 6.45) is -13.3. The van der Waals surface area contributed by atoms with Gasteiger partial charge in [-0.05, 0) is 43.3 Å². The largest absolute Gasteiger partial charge is 0.456 e. The lowest BCUT2D eigenvalue weighted by atomic mass is 9.97. The number of hydrogen-bond acceptors (Lipinski definition) is 14. The van der Waals surface area contributed by atoms with E-state index >= 15 is 0 Å². The van der Waals surface area contributed by atoms with Gasteiger partial charge in [-0.25, -0.2) is 14.4 Å². The first-order valence-corrected chi connectivity index (χ1v) is 15.7. The van der Waals surface area contributed by atoms with Gasteiger partial charge in [0.2, 0.25) is 0 Å². The lowest BCUT2D eigenvalue weighted by molar-refractivity contribution is -0.347. The Kier molecular flexibility index (Phi) is 11.9. The Morgan fingerprint density at radius 3 is 1.48 bits per heavy atom. The summed E-state index contributed by atoms with van der Waals surface area (Å²) in [5.74, 6) is -4.03. The third-order valence-corrected chi connectivity index (χ3v) is 7.80. The lowest BCUT2D eigenvalue weighted by Gasteiger charge is -2.46. The van der Waals surface area contributed by atoms with E-state index in [9.17, 15) is 29.1 Å². The fourth-order valence-electron chi connectivity index (χ4n) is 5.51. The van der Waals surface area contributed by atoms with Crippen molar-refractivity contribution in [1.29, 1.82) is 0 Å². The molecular weight excluding hydrogens is 656 g/mol. The maximum atomic E-state index is 13.5. The van der Waals surface area contributed by atoms with Gasteiger partial charge in [-0.2, -0.15) is 0 Å². The first-order chi connectivity index (χ1) is 24.0. The van der Waals surface area contributed by atoms with Gasteiger partial charge in [-0.1, -0.05) is 54.6 Å². The summed E-state index contributed by atoms with van der Waals surface area (Å²) in [5, 5.41) is 10.9. The molecule has 14 nitrogen and oxygen atoms in total. The molecule has 14 heteroatoms. The topological polar surface area (TPSA) is 179 Å². The molecule has 2 heterocycles. The van der Waals surface area contributed by atoms with Crippen LogP contribution >= 0.6 is 0 Å². The predicted octanol–water partition coefficient (Wildman–Crippen LogP) is 3.01. The van der Waals surface area contributed by atoms with Crippen LogP contribution in [0.25, 0.3) is 0 Å². The minimum atomic E-state index is -1.76. The fourth-order valence-corrected chi connectivity index (χ4v) is 5.51. The molecule has 50 heavy (non-hydrogen) atoms. The highest BCUT2D eigenvalue weighted by atomic mass is 16.8. The summed E-state index contributed by atoms with van der Waals surface area (Å²) in [6, 6.07) is 23.9. The molecule has 5 rings (SSSR count). The Morgan fingerprint density at radius 1 is 0.580 bits per heavy atom. The molecule has 3 aromatic rings.